The Hall–Kier alpha value is -2.89. The molecule has 114 valence electrons. The van der Waals surface area contributed by atoms with Crippen LogP contribution in [0.2, 0.25) is 0 Å². The Morgan fingerprint density at radius 1 is 0.955 bits per heavy atom. The summed E-state index contributed by atoms with van der Waals surface area (Å²) in [4.78, 5) is 23.3. The number of esters is 2. The van der Waals surface area contributed by atoms with Gasteiger partial charge in [0.1, 0.15) is 5.82 Å². The van der Waals surface area contributed by atoms with Gasteiger partial charge in [0.2, 0.25) is 0 Å². The van der Waals surface area contributed by atoms with E-state index in [9.17, 15) is 14.0 Å². The van der Waals surface area contributed by atoms with Crippen LogP contribution in [0.25, 0.3) is 0 Å². The maximum Gasteiger partial charge on any atom is 0.337 e. The van der Waals surface area contributed by atoms with Crippen molar-refractivity contribution in [2.75, 3.05) is 19.5 Å². The molecule has 2 aromatic carbocycles. The van der Waals surface area contributed by atoms with E-state index in [1.807, 2.05) is 0 Å². The van der Waals surface area contributed by atoms with Gasteiger partial charge in [0.15, 0.2) is 0 Å². The van der Waals surface area contributed by atoms with Gasteiger partial charge >= 0.3 is 11.9 Å². The molecule has 0 aliphatic carbocycles. The molecule has 0 bridgehead atoms. The summed E-state index contributed by atoms with van der Waals surface area (Å²) in [6, 6.07) is 10.3. The van der Waals surface area contributed by atoms with E-state index in [4.69, 9.17) is 0 Å². The molecule has 2 aromatic rings. The van der Waals surface area contributed by atoms with Gasteiger partial charge in [0.25, 0.3) is 0 Å². The summed E-state index contributed by atoms with van der Waals surface area (Å²) in [7, 11) is 2.47. The number of rotatable bonds is 4. The number of benzene rings is 2. The number of hydrogen-bond donors (Lipinski definition) is 1. The zero-order chi connectivity index (χ0) is 16.1. The molecule has 0 heterocycles. The second kappa shape index (κ2) is 6.71. The summed E-state index contributed by atoms with van der Waals surface area (Å²) in [6.45, 7) is 0. The highest BCUT2D eigenvalue weighted by Crippen LogP contribution is 2.23. The first-order valence-electron chi connectivity index (χ1n) is 6.38. The van der Waals surface area contributed by atoms with E-state index in [1.54, 1.807) is 12.1 Å². The normalized spacial score (nSPS) is 9.95. The molecule has 0 aliphatic rings. The van der Waals surface area contributed by atoms with Crippen LogP contribution in [-0.4, -0.2) is 26.2 Å². The molecule has 0 aromatic heterocycles. The van der Waals surface area contributed by atoms with Crippen LogP contribution < -0.4 is 5.32 Å². The summed E-state index contributed by atoms with van der Waals surface area (Å²) < 4.78 is 23.0. The molecule has 0 fully saturated rings. The minimum absolute atomic E-state index is 0.157. The van der Waals surface area contributed by atoms with Crippen LogP contribution in [0.5, 0.6) is 0 Å². The second-order valence-corrected chi connectivity index (χ2v) is 4.39. The van der Waals surface area contributed by atoms with Gasteiger partial charge in [0.05, 0.1) is 31.0 Å². The van der Waals surface area contributed by atoms with Crippen LogP contribution in [0.4, 0.5) is 15.8 Å². The Balaban J connectivity index is 2.44. The van der Waals surface area contributed by atoms with Crippen molar-refractivity contribution in [2.24, 2.45) is 0 Å². The fourth-order valence-corrected chi connectivity index (χ4v) is 1.89. The SMILES string of the molecule is COC(=O)c1cc(Nc2ccccc2F)cc(C(=O)OC)c1. The van der Waals surface area contributed by atoms with Gasteiger partial charge < -0.3 is 14.8 Å². The number of ether oxygens (including phenoxy) is 2. The highest BCUT2D eigenvalue weighted by Gasteiger charge is 2.14. The lowest BCUT2D eigenvalue weighted by atomic mass is 10.1. The average Bonchev–Trinajstić information content (AvgIpc) is 2.55. The van der Waals surface area contributed by atoms with E-state index >= 15 is 0 Å². The topological polar surface area (TPSA) is 64.6 Å². The van der Waals surface area contributed by atoms with Crippen LogP contribution >= 0.6 is 0 Å². The summed E-state index contributed by atoms with van der Waals surface area (Å²) in [5.41, 5.74) is 0.905. The van der Waals surface area contributed by atoms with Crippen LogP contribution in [0.3, 0.4) is 0 Å². The van der Waals surface area contributed by atoms with Gasteiger partial charge in [-0.05, 0) is 30.3 Å². The molecule has 0 aliphatic heterocycles. The fourth-order valence-electron chi connectivity index (χ4n) is 1.89. The summed E-state index contributed by atoms with van der Waals surface area (Å²) >= 11 is 0. The van der Waals surface area contributed by atoms with Gasteiger partial charge in [0, 0.05) is 5.69 Å². The molecule has 5 nitrogen and oxygen atoms in total. The summed E-state index contributed by atoms with van der Waals surface area (Å²) in [5.74, 6) is -1.67. The van der Waals surface area contributed by atoms with E-state index in [0.717, 1.165) is 0 Å². The van der Waals surface area contributed by atoms with Crippen molar-refractivity contribution in [1.29, 1.82) is 0 Å². The number of halogens is 1. The quantitative estimate of drug-likeness (QED) is 0.879. The zero-order valence-electron chi connectivity index (χ0n) is 12.1. The minimum Gasteiger partial charge on any atom is -0.465 e. The molecular formula is C16H14FNO4. The lowest BCUT2D eigenvalue weighted by Crippen LogP contribution is -2.08. The lowest BCUT2D eigenvalue weighted by Gasteiger charge is -2.11. The third-order valence-corrected chi connectivity index (χ3v) is 2.93. The number of anilines is 2. The van der Waals surface area contributed by atoms with Crippen molar-refractivity contribution in [1.82, 2.24) is 0 Å². The number of carbonyl (C=O) groups is 2. The van der Waals surface area contributed by atoms with E-state index < -0.39 is 17.8 Å². The van der Waals surface area contributed by atoms with Crippen molar-refractivity contribution in [3.63, 3.8) is 0 Å². The maximum atomic E-state index is 13.7. The molecule has 0 saturated heterocycles. The van der Waals surface area contributed by atoms with Crippen LogP contribution in [0.15, 0.2) is 42.5 Å². The minimum atomic E-state index is -0.609. The van der Waals surface area contributed by atoms with Crippen molar-refractivity contribution in [3.8, 4) is 0 Å². The van der Waals surface area contributed by atoms with E-state index in [1.165, 1.54) is 44.6 Å². The molecule has 0 radical (unpaired) electrons. The number of nitrogens with one attached hydrogen (secondary N) is 1. The van der Waals surface area contributed by atoms with E-state index in [-0.39, 0.29) is 16.8 Å². The Bertz CT molecular complexity index is 681. The molecule has 6 heteroatoms. The zero-order valence-corrected chi connectivity index (χ0v) is 12.1. The number of carbonyl (C=O) groups excluding carboxylic acids is 2. The molecule has 0 saturated carbocycles. The summed E-state index contributed by atoms with van der Waals surface area (Å²) in [6.07, 6.45) is 0. The monoisotopic (exact) mass is 303 g/mol. The van der Waals surface area contributed by atoms with Gasteiger partial charge in [-0.3, -0.25) is 0 Å². The van der Waals surface area contributed by atoms with Crippen molar-refractivity contribution < 1.29 is 23.5 Å². The van der Waals surface area contributed by atoms with E-state index in [0.29, 0.717) is 5.69 Å². The molecule has 2 rings (SSSR count). The van der Waals surface area contributed by atoms with Gasteiger partial charge in [-0.15, -0.1) is 0 Å². The average molecular weight is 303 g/mol. The number of para-hydroxylation sites is 1. The van der Waals surface area contributed by atoms with Gasteiger partial charge in [-0.25, -0.2) is 14.0 Å². The third kappa shape index (κ3) is 3.41. The van der Waals surface area contributed by atoms with E-state index in [2.05, 4.69) is 14.8 Å². The number of hydrogen-bond acceptors (Lipinski definition) is 5. The largest absolute Gasteiger partial charge is 0.465 e. The first kappa shape index (κ1) is 15.5. The Morgan fingerprint density at radius 3 is 2.00 bits per heavy atom. The maximum absolute atomic E-state index is 13.7. The molecular weight excluding hydrogens is 289 g/mol. The fraction of sp³-hybridized carbons (Fsp3) is 0.125. The predicted octanol–water partition coefficient (Wildman–Crippen LogP) is 3.14. The number of methoxy groups -OCH3 is 2. The highest BCUT2D eigenvalue weighted by molar-refractivity contribution is 5.97. The smallest absolute Gasteiger partial charge is 0.337 e. The highest BCUT2D eigenvalue weighted by atomic mass is 19.1. The molecule has 1 N–H and O–H groups in total. The molecule has 0 unspecified atom stereocenters. The Kier molecular flexibility index (Phi) is 4.73. The Morgan fingerprint density at radius 2 is 1.50 bits per heavy atom. The van der Waals surface area contributed by atoms with Gasteiger partial charge in [-0.1, -0.05) is 12.1 Å². The van der Waals surface area contributed by atoms with Gasteiger partial charge in [-0.2, -0.15) is 0 Å². The van der Waals surface area contributed by atoms with Crippen molar-refractivity contribution in [2.45, 2.75) is 0 Å². The molecule has 0 spiro atoms. The standard InChI is InChI=1S/C16H14FNO4/c1-21-15(19)10-7-11(16(20)22-2)9-12(8-10)18-14-6-4-3-5-13(14)17/h3-9,18H,1-2H3. The first-order chi connectivity index (χ1) is 10.5. The van der Waals surface area contributed by atoms with Crippen LogP contribution in [0.1, 0.15) is 20.7 Å². The predicted molar refractivity (Wildman–Crippen MR) is 78.8 cm³/mol. The first-order valence-corrected chi connectivity index (χ1v) is 6.38. The molecule has 0 atom stereocenters. The van der Waals surface area contributed by atoms with Crippen LogP contribution in [0, 0.1) is 5.82 Å². The molecule has 0 amide bonds. The third-order valence-electron chi connectivity index (χ3n) is 2.93. The van der Waals surface area contributed by atoms with Crippen molar-refractivity contribution >= 4 is 23.3 Å². The second-order valence-electron chi connectivity index (χ2n) is 4.39. The summed E-state index contributed by atoms with van der Waals surface area (Å²) in [5, 5.41) is 2.82. The van der Waals surface area contributed by atoms with Crippen molar-refractivity contribution in [3.05, 3.63) is 59.4 Å². The Labute approximate surface area is 126 Å². The lowest BCUT2D eigenvalue weighted by molar-refractivity contribution is 0.0599. The van der Waals surface area contributed by atoms with Crippen LogP contribution in [-0.2, 0) is 9.47 Å². The molecule has 22 heavy (non-hydrogen) atoms.